The van der Waals surface area contributed by atoms with Crippen LogP contribution in [-0.4, -0.2) is 4.98 Å². The highest BCUT2D eigenvalue weighted by Crippen LogP contribution is 2.40. The summed E-state index contributed by atoms with van der Waals surface area (Å²) >= 11 is 1.88. The summed E-state index contributed by atoms with van der Waals surface area (Å²) < 4.78 is 0. The molecule has 1 saturated carbocycles. The Morgan fingerprint density at radius 3 is 2.64 bits per heavy atom. The minimum absolute atomic E-state index is 0.0605. The number of nitrogens with zero attached hydrogens (tertiary/aromatic N) is 1. The second-order valence-electron chi connectivity index (χ2n) is 4.61. The van der Waals surface area contributed by atoms with Gasteiger partial charge in [-0.05, 0) is 32.1 Å². The quantitative estimate of drug-likeness (QED) is 0.769. The van der Waals surface area contributed by atoms with E-state index in [1.807, 2.05) is 11.3 Å². The second-order valence-corrected chi connectivity index (χ2v) is 5.69. The Labute approximate surface area is 88.5 Å². The third-order valence-electron chi connectivity index (χ3n) is 3.52. The zero-order chi connectivity index (χ0) is 9.60. The van der Waals surface area contributed by atoms with E-state index in [1.165, 1.54) is 47.7 Å². The molecule has 0 atom stereocenters. The maximum Gasteiger partial charge on any atom is 0.113 e. The third-order valence-corrected chi connectivity index (χ3v) is 4.89. The Hall–Kier alpha value is -0.410. The highest BCUT2D eigenvalue weighted by Gasteiger charge is 2.35. The number of hydrogen-bond donors (Lipinski definition) is 1. The Balaban J connectivity index is 1.96. The van der Waals surface area contributed by atoms with E-state index in [4.69, 9.17) is 10.7 Å². The van der Waals surface area contributed by atoms with Crippen LogP contribution in [-0.2, 0) is 18.4 Å². The van der Waals surface area contributed by atoms with Crippen molar-refractivity contribution in [2.24, 2.45) is 5.73 Å². The summed E-state index contributed by atoms with van der Waals surface area (Å²) in [5, 5.41) is 1.22. The predicted molar refractivity (Wildman–Crippen MR) is 58.5 cm³/mol. The largest absolute Gasteiger partial charge is 0.319 e. The van der Waals surface area contributed by atoms with E-state index in [-0.39, 0.29) is 5.54 Å². The first-order chi connectivity index (χ1) is 6.78. The van der Waals surface area contributed by atoms with Gasteiger partial charge in [0.15, 0.2) is 0 Å². The fourth-order valence-electron chi connectivity index (χ4n) is 2.62. The van der Waals surface area contributed by atoms with Gasteiger partial charge < -0.3 is 5.73 Å². The second kappa shape index (κ2) is 3.04. The summed E-state index contributed by atoms with van der Waals surface area (Å²) in [6, 6.07) is 0. The monoisotopic (exact) mass is 208 g/mol. The van der Waals surface area contributed by atoms with Crippen LogP contribution in [0.1, 0.15) is 47.7 Å². The van der Waals surface area contributed by atoms with Crippen LogP contribution in [0.3, 0.4) is 0 Å². The summed E-state index contributed by atoms with van der Waals surface area (Å²) in [5.74, 6) is 0. The summed E-state index contributed by atoms with van der Waals surface area (Å²) in [5.41, 5.74) is 7.68. The van der Waals surface area contributed by atoms with Gasteiger partial charge in [0.25, 0.3) is 0 Å². The Morgan fingerprint density at radius 2 is 1.93 bits per heavy atom. The molecule has 1 aromatic heterocycles. The Kier molecular flexibility index (Phi) is 1.92. The van der Waals surface area contributed by atoms with Crippen LogP contribution in [0.25, 0.3) is 0 Å². The Bertz CT molecular complexity index is 329. The van der Waals surface area contributed by atoms with E-state index in [0.29, 0.717) is 0 Å². The van der Waals surface area contributed by atoms with Gasteiger partial charge in [0.2, 0.25) is 0 Å². The zero-order valence-corrected chi connectivity index (χ0v) is 9.20. The summed E-state index contributed by atoms with van der Waals surface area (Å²) in [6.45, 7) is 0. The molecule has 0 aliphatic heterocycles. The van der Waals surface area contributed by atoms with Crippen molar-refractivity contribution in [1.29, 1.82) is 0 Å². The van der Waals surface area contributed by atoms with Gasteiger partial charge in [-0.25, -0.2) is 4.98 Å². The molecular formula is C11H16N2S. The van der Waals surface area contributed by atoms with Crippen LogP contribution in [0.5, 0.6) is 0 Å². The normalized spacial score (nSPS) is 24.1. The molecule has 0 radical (unpaired) electrons. The van der Waals surface area contributed by atoms with Gasteiger partial charge in [0.1, 0.15) is 5.01 Å². The molecular weight excluding hydrogens is 192 g/mol. The van der Waals surface area contributed by atoms with Crippen molar-refractivity contribution >= 4 is 11.3 Å². The highest BCUT2D eigenvalue weighted by molar-refractivity contribution is 7.12. The smallest absolute Gasteiger partial charge is 0.113 e. The van der Waals surface area contributed by atoms with E-state index in [2.05, 4.69) is 0 Å². The highest BCUT2D eigenvalue weighted by atomic mass is 32.1. The van der Waals surface area contributed by atoms with E-state index in [9.17, 15) is 0 Å². The van der Waals surface area contributed by atoms with E-state index < -0.39 is 0 Å². The number of aromatic nitrogens is 1. The molecule has 2 aliphatic rings. The topological polar surface area (TPSA) is 38.9 Å². The van der Waals surface area contributed by atoms with Crippen LogP contribution in [0.15, 0.2) is 0 Å². The Morgan fingerprint density at radius 1 is 1.14 bits per heavy atom. The SMILES string of the molecule is NC1(c2nc3c(s2)CCC3)CCCC1. The molecule has 1 heterocycles. The van der Waals surface area contributed by atoms with Crippen LogP contribution < -0.4 is 5.73 Å². The number of hydrogen-bond acceptors (Lipinski definition) is 3. The number of aryl methyl sites for hydroxylation is 2. The molecule has 2 aliphatic carbocycles. The van der Waals surface area contributed by atoms with Crippen molar-refractivity contribution < 1.29 is 0 Å². The maximum absolute atomic E-state index is 6.39. The van der Waals surface area contributed by atoms with Crippen molar-refractivity contribution in [2.75, 3.05) is 0 Å². The standard InChI is InChI=1S/C11H16N2S/c12-11(6-1-2-7-11)10-13-8-4-3-5-9(8)14-10/h1-7,12H2. The van der Waals surface area contributed by atoms with Crippen LogP contribution in [0, 0.1) is 0 Å². The summed E-state index contributed by atoms with van der Waals surface area (Å²) in [6.07, 6.45) is 8.55. The molecule has 76 valence electrons. The lowest BCUT2D eigenvalue weighted by Gasteiger charge is -2.20. The molecule has 3 rings (SSSR count). The number of thiazole rings is 1. The van der Waals surface area contributed by atoms with Crippen molar-refractivity contribution in [2.45, 2.75) is 50.5 Å². The maximum atomic E-state index is 6.39. The minimum Gasteiger partial charge on any atom is -0.319 e. The van der Waals surface area contributed by atoms with Crippen molar-refractivity contribution in [3.63, 3.8) is 0 Å². The molecule has 14 heavy (non-hydrogen) atoms. The van der Waals surface area contributed by atoms with Crippen molar-refractivity contribution in [3.05, 3.63) is 15.6 Å². The first-order valence-corrected chi connectivity index (χ1v) is 6.37. The average molecular weight is 208 g/mol. The third kappa shape index (κ3) is 1.22. The molecule has 0 unspecified atom stereocenters. The molecule has 0 spiro atoms. The first-order valence-electron chi connectivity index (χ1n) is 5.56. The fourth-order valence-corrected chi connectivity index (χ4v) is 3.93. The lowest BCUT2D eigenvalue weighted by molar-refractivity contribution is 0.458. The average Bonchev–Trinajstić information content (AvgIpc) is 2.75. The first kappa shape index (κ1) is 8.86. The van der Waals surface area contributed by atoms with Crippen LogP contribution in [0.4, 0.5) is 0 Å². The molecule has 1 fully saturated rings. The van der Waals surface area contributed by atoms with E-state index in [1.54, 1.807) is 0 Å². The molecule has 0 bridgehead atoms. The molecule has 0 saturated heterocycles. The lowest BCUT2D eigenvalue weighted by Crippen LogP contribution is -2.32. The van der Waals surface area contributed by atoms with Gasteiger partial charge in [-0.3, -0.25) is 0 Å². The number of fused-ring (bicyclic) bond motifs is 1. The summed E-state index contributed by atoms with van der Waals surface area (Å²) in [7, 11) is 0. The molecule has 0 amide bonds. The van der Waals surface area contributed by atoms with Gasteiger partial charge >= 0.3 is 0 Å². The molecule has 3 heteroatoms. The van der Waals surface area contributed by atoms with Gasteiger partial charge in [-0.15, -0.1) is 11.3 Å². The number of nitrogens with two attached hydrogens (primary N) is 1. The van der Waals surface area contributed by atoms with Gasteiger partial charge in [-0.2, -0.15) is 0 Å². The van der Waals surface area contributed by atoms with Crippen molar-refractivity contribution in [3.8, 4) is 0 Å². The van der Waals surface area contributed by atoms with Crippen LogP contribution >= 0.6 is 11.3 Å². The van der Waals surface area contributed by atoms with Gasteiger partial charge in [0.05, 0.1) is 11.2 Å². The number of rotatable bonds is 1. The van der Waals surface area contributed by atoms with E-state index in [0.717, 1.165) is 12.8 Å². The molecule has 0 aromatic carbocycles. The van der Waals surface area contributed by atoms with Gasteiger partial charge in [0, 0.05) is 4.88 Å². The molecule has 2 N–H and O–H groups in total. The fraction of sp³-hybridized carbons (Fsp3) is 0.727. The molecule has 1 aromatic rings. The minimum atomic E-state index is -0.0605. The van der Waals surface area contributed by atoms with Crippen molar-refractivity contribution in [1.82, 2.24) is 4.98 Å². The lowest BCUT2D eigenvalue weighted by atomic mass is 10.0. The van der Waals surface area contributed by atoms with Gasteiger partial charge in [-0.1, -0.05) is 12.8 Å². The summed E-state index contributed by atoms with van der Waals surface area (Å²) in [4.78, 5) is 6.25. The van der Waals surface area contributed by atoms with Crippen LogP contribution in [0.2, 0.25) is 0 Å². The molecule has 2 nitrogen and oxygen atoms in total. The predicted octanol–water partition coefficient (Wildman–Crippen LogP) is 2.36. The van der Waals surface area contributed by atoms with E-state index >= 15 is 0 Å². The zero-order valence-electron chi connectivity index (χ0n) is 8.38.